The van der Waals surface area contributed by atoms with E-state index in [1.54, 1.807) is 20.9 Å². The summed E-state index contributed by atoms with van der Waals surface area (Å²) in [5.41, 5.74) is 2.63. The predicted octanol–water partition coefficient (Wildman–Crippen LogP) is 2.50. The van der Waals surface area contributed by atoms with Crippen LogP contribution in [0.1, 0.15) is 44.7 Å². The zero-order valence-corrected chi connectivity index (χ0v) is 19.1. The fourth-order valence-corrected chi connectivity index (χ4v) is 5.75. The molecule has 1 N–H and O–H groups in total. The van der Waals surface area contributed by atoms with Crippen molar-refractivity contribution in [1.82, 2.24) is 15.1 Å². The van der Waals surface area contributed by atoms with Gasteiger partial charge in [0.05, 0.1) is 10.5 Å². The molecule has 0 radical (unpaired) electrons. The van der Waals surface area contributed by atoms with Gasteiger partial charge in [-0.25, -0.2) is 8.42 Å². The first kappa shape index (κ1) is 22.1. The van der Waals surface area contributed by atoms with Gasteiger partial charge in [-0.2, -0.15) is 0 Å². The van der Waals surface area contributed by atoms with E-state index in [1.807, 2.05) is 0 Å². The number of rotatable bonds is 4. The summed E-state index contributed by atoms with van der Waals surface area (Å²) in [6.45, 7) is 10.9. The Morgan fingerprint density at radius 2 is 1.97 bits per heavy atom. The van der Waals surface area contributed by atoms with Crippen LogP contribution < -0.4 is 5.32 Å². The number of piperidine rings is 1. The number of nitrogens with zero attached hydrogens (tertiary/aromatic N) is 3. The average Bonchev–Trinajstić information content (AvgIpc) is 2.66. The first-order valence-corrected chi connectivity index (χ1v) is 12.3. The van der Waals surface area contributed by atoms with Crippen LogP contribution in [0.3, 0.4) is 0 Å². The Bertz CT molecular complexity index is 835. The first-order chi connectivity index (χ1) is 13.7. The highest BCUT2D eigenvalue weighted by Gasteiger charge is 2.40. The van der Waals surface area contributed by atoms with Crippen molar-refractivity contribution in [2.24, 2.45) is 10.9 Å². The van der Waals surface area contributed by atoms with E-state index >= 15 is 0 Å². The van der Waals surface area contributed by atoms with Gasteiger partial charge in [0.25, 0.3) is 0 Å². The molecule has 2 heterocycles. The minimum atomic E-state index is -3.06. The molecule has 0 aromatic heterocycles. The second-order valence-electron chi connectivity index (χ2n) is 9.15. The van der Waals surface area contributed by atoms with Gasteiger partial charge >= 0.3 is 0 Å². The number of guanidine groups is 1. The van der Waals surface area contributed by atoms with E-state index in [2.05, 4.69) is 51.3 Å². The van der Waals surface area contributed by atoms with Gasteiger partial charge in [0.15, 0.2) is 15.8 Å². The third kappa shape index (κ3) is 5.31. The fraction of sp³-hybridized carbons (Fsp3) is 0.682. The molecule has 0 spiro atoms. The Morgan fingerprint density at radius 1 is 1.24 bits per heavy atom. The van der Waals surface area contributed by atoms with Gasteiger partial charge in [0, 0.05) is 39.8 Å². The van der Waals surface area contributed by atoms with Gasteiger partial charge in [0.1, 0.15) is 0 Å². The van der Waals surface area contributed by atoms with Gasteiger partial charge in [-0.05, 0) is 50.3 Å². The van der Waals surface area contributed by atoms with E-state index in [-0.39, 0.29) is 5.75 Å². The molecule has 3 rings (SSSR count). The zero-order valence-electron chi connectivity index (χ0n) is 18.3. The molecule has 0 amide bonds. The SMILES string of the molecule is CN=C(NCc1ccccc1CN1CCCC(C)C1)N1CCS(=O)(=O)C(C)(C)C1. The molecule has 2 fully saturated rings. The minimum Gasteiger partial charge on any atom is -0.352 e. The molecular weight excluding hydrogens is 384 g/mol. The Balaban J connectivity index is 1.64. The Hall–Kier alpha value is -1.60. The number of benzene rings is 1. The van der Waals surface area contributed by atoms with Crippen LogP contribution in [0.5, 0.6) is 0 Å². The molecule has 6 nitrogen and oxygen atoms in total. The van der Waals surface area contributed by atoms with Crippen LogP contribution in [0.2, 0.25) is 0 Å². The summed E-state index contributed by atoms with van der Waals surface area (Å²) in [4.78, 5) is 9.04. The van der Waals surface area contributed by atoms with Crippen molar-refractivity contribution >= 4 is 15.8 Å². The molecule has 162 valence electrons. The summed E-state index contributed by atoms with van der Waals surface area (Å²) in [5.74, 6) is 1.71. The predicted molar refractivity (Wildman–Crippen MR) is 120 cm³/mol. The summed E-state index contributed by atoms with van der Waals surface area (Å²) >= 11 is 0. The van der Waals surface area contributed by atoms with E-state index in [4.69, 9.17) is 0 Å². The lowest BCUT2D eigenvalue weighted by Gasteiger charge is -2.39. The first-order valence-electron chi connectivity index (χ1n) is 10.7. The topological polar surface area (TPSA) is 65.0 Å². The molecule has 1 aromatic carbocycles. The second kappa shape index (κ2) is 9.04. The van der Waals surface area contributed by atoms with Gasteiger partial charge in [-0.1, -0.05) is 31.2 Å². The molecule has 1 unspecified atom stereocenters. The molecule has 1 aromatic rings. The fourth-order valence-electron chi connectivity index (χ4n) is 4.39. The number of hydrogen-bond acceptors (Lipinski definition) is 4. The highest BCUT2D eigenvalue weighted by atomic mass is 32.2. The molecular formula is C22H36N4O2S. The summed E-state index contributed by atoms with van der Waals surface area (Å²) in [5, 5.41) is 3.47. The minimum absolute atomic E-state index is 0.171. The third-order valence-corrected chi connectivity index (χ3v) is 8.78. The third-order valence-electron chi connectivity index (χ3n) is 6.25. The number of hydrogen-bond donors (Lipinski definition) is 1. The molecule has 0 bridgehead atoms. The van der Waals surface area contributed by atoms with Gasteiger partial charge in [-0.15, -0.1) is 0 Å². The van der Waals surface area contributed by atoms with Crippen molar-refractivity contribution < 1.29 is 8.42 Å². The molecule has 0 aliphatic carbocycles. The van der Waals surface area contributed by atoms with Crippen molar-refractivity contribution in [2.75, 3.05) is 39.0 Å². The van der Waals surface area contributed by atoms with E-state index in [1.165, 1.54) is 37.1 Å². The molecule has 29 heavy (non-hydrogen) atoms. The maximum absolute atomic E-state index is 12.3. The average molecular weight is 421 g/mol. The van der Waals surface area contributed by atoms with Crippen molar-refractivity contribution in [3.05, 3.63) is 35.4 Å². The normalized spacial score (nSPS) is 25.0. The maximum atomic E-state index is 12.3. The van der Waals surface area contributed by atoms with Crippen molar-refractivity contribution in [2.45, 2.75) is 51.4 Å². The van der Waals surface area contributed by atoms with Crippen LogP contribution in [0.4, 0.5) is 0 Å². The summed E-state index contributed by atoms with van der Waals surface area (Å²) in [7, 11) is -1.30. The quantitative estimate of drug-likeness (QED) is 0.599. The summed E-state index contributed by atoms with van der Waals surface area (Å²) in [6.07, 6.45) is 2.61. The maximum Gasteiger partial charge on any atom is 0.193 e. The van der Waals surface area contributed by atoms with Crippen LogP contribution in [-0.2, 0) is 22.9 Å². The van der Waals surface area contributed by atoms with Crippen molar-refractivity contribution in [1.29, 1.82) is 0 Å². The number of sulfone groups is 1. The lowest BCUT2D eigenvalue weighted by molar-refractivity contribution is 0.176. The highest BCUT2D eigenvalue weighted by Crippen LogP contribution is 2.24. The Labute approximate surface area is 176 Å². The largest absolute Gasteiger partial charge is 0.352 e. The van der Waals surface area contributed by atoms with E-state index in [9.17, 15) is 8.42 Å². The molecule has 1 atom stereocenters. The second-order valence-corrected chi connectivity index (χ2v) is 11.9. The van der Waals surface area contributed by atoms with Crippen molar-refractivity contribution in [3.8, 4) is 0 Å². The van der Waals surface area contributed by atoms with Crippen LogP contribution in [0.15, 0.2) is 29.3 Å². The summed E-state index contributed by atoms with van der Waals surface area (Å²) in [6, 6.07) is 8.58. The monoisotopic (exact) mass is 420 g/mol. The van der Waals surface area contributed by atoms with E-state index < -0.39 is 14.6 Å². The number of likely N-dealkylation sites (tertiary alicyclic amines) is 1. The van der Waals surface area contributed by atoms with Gasteiger partial charge in [-0.3, -0.25) is 9.89 Å². The van der Waals surface area contributed by atoms with E-state index in [0.717, 1.165) is 18.4 Å². The smallest absolute Gasteiger partial charge is 0.193 e. The standard InChI is InChI=1S/C22H36N4O2S/c1-18-8-7-11-25(15-18)16-20-10-6-5-9-19(20)14-24-21(23-4)26-12-13-29(27,28)22(2,3)17-26/h5-6,9-10,18H,7-8,11-17H2,1-4H3,(H,23,24). The molecule has 0 saturated carbocycles. The Kier molecular flexibility index (Phi) is 6.89. The van der Waals surface area contributed by atoms with Gasteiger partial charge < -0.3 is 10.2 Å². The molecule has 7 heteroatoms. The van der Waals surface area contributed by atoms with E-state index in [0.29, 0.717) is 19.6 Å². The highest BCUT2D eigenvalue weighted by molar-refractivity contribution is 7.92. The van der Waals surface area contributed by atoms with Crippen molar-refractivity contribution in [3.63, 3.8) is 0 Å². The lowest BCUT2D eigenvalue weighted by atomic mass is 9.99. The number of aliphatic imine (C=N–C) groups is 1. The summed E-state index contributed by atoms with van der Waals surface area (Å²) < 4.78 is 23.9. The molecule has 2 aliphatic rings. The Morgan fingerprint density at radius 3 is 2.62 bits per heavy atom. The van der Waals surface area contributed by atoms with Gasteiger partial charge in [0.2, 0.25) is 0 Å². The molecule has 2 aliphatic heterocycles. The van der Waals surface area contributed by atoms with Crippen LogP contribution >= 0.6 is 0 Å². The molecule has 2 saturated heterocycles. The van der Waals surface area contributed by atoms with Crippen LogP contribution in [0, 0.1) is 5.92 Å². The van der Waals surface area contributed by atoms with Crippen LogP contribution in [-0.4, -0.2) is 67.9 Å². The number of nitrogens with one attached hydrogen (secondary N) is 1. The zero-order chi connectivity index (χ0) is 21.1. The van der Waals surface area contributed by atoms with Crippen LogP contribution in [0.25, 0.3) is 0 Å². The lowest BCUT2D eigenvalue weighted by Crippen LogP contribution is -2.57.